The maximum atomic E-state index is 13.9. The predicted molar refractivity (Wildman–Crippen MR) is 509 cm³/mol. The molecule has 0 spiro atoms. The van der Waals surface area contributed by atoms with Crippen molar-refractivity contribution in [3.8, 4) is 0 Å². The Morgan fingerprint density at radius 2 is 1.23 bits per heavy atom. The molecule has 9 amide bonds. The number of piperidine rings is 1. The quantitative estimate of drug-likeness (QED) is 0.0411. The van der Waals surface area contributed by atoms with Crippen molar-refractivity contribution in [2.75, 3.05) is 96.5 Å². The molecule has 686 valence electrons. The number of rotatable bonds is 25. The first-order valence-corrected chi connectivity index (χ1v) is 49.5. The van der Waals surface area contributed by atoms with Crippen molar-refractivity contribution in [2.45, 2.75) is 325 Å². The van der Waals surface area contributed by atoms with E-state index < -0.39 is 0 Å². The van der Waals surface area contributed by atoms with Gasteiger partial charge in [0, 0.05) is 158 Å². The molecule has 1 aromatic rings. The number of hydrogen-bond donors (Lipinski definition) is 9. The molecule has 3 saturated carbocycles. The Bertz CT molecular complexity index is 3670. The van der Waals surface area contributed by atoms with Gasteiger partial charge in [0.05, 0.1) is 11.0 Å². The highest BCUT2D eigenvalue weighted by atomic mass is 32.1. The van der Waals surface area contributed by atoms with Gasteiger partial charge in [-0.2, -0.15) is 0 Å². The van der Waals surface area contributed by atoms with Crippen LogP contribution in [-0.4, -0.2) is 214 Å². The number of hydrogen-bond acceptors (Lipinski definition) is 16. The van der Waals surface area contributed by atoms with E-state index in [1.807, 2.05) is 37.8 Å². The molecule has 12 aliphatic rings. The molecule has 26 heteroatoms. The average Bonchev–Trinajstić information content (AvgIpc) is 1.52. The van der Waals surface area contributed by atoms with Crippen LogP contribution in [0.25, 0.3) is 0 Å². The summed E-state index contributed by atoms with van der Waals surface area (Å²) in [6, 6.07) is 8.29. The Balaban J connectivity index is 0.000000185. The standard InChI is InChI=1S/C27H41N3O2S.C25H44N4O2S.C22H38N4O2S.C22H37N3O2S/c1-5-6-9-18-12-20(13-18)25(31)29-17-21-14-19-10-7-8-11-24(19)30(21)26(32)23(27(2,3)4)15-22(33)16-28;1-4-5-9-18-14-19(15-18)23(30)27-16-20-10-8-13-29(20)24(31)22-25(2,3)11-6-7-12-26-17-21(32)28-22;1-4-5-6-15-13-25(14-15)21(28)24-12-17-8-7-16-10-22(2,3)19(9-18(29)11-23)20(27)26(16)17;1-22(2,3)19-12-18(28)14-23-8-4-6-15-10-16(11-15)20(26)24-13-17-7-5-9-25(17)21(19)27/h7-8,10-11,18,20-21,23H,5-6,9,12-17,28H2,1-4H3,(H,29,31);18-20,22,26H,4-17H2,1-3H3,(H,27,30)(H,28,32);15-17,19H,4-14,23H2,1-3H3,(H,24,28);15-17,19,23H,4-14H2,1-3H3,(H,24,26)/t18?,20?,21-,23-;18?,19?,20-,22-;16?,17-,19-;15?,16?,17-,19-/m1111/s1. The van der Waals surface area contributed by atoms with E-state index in [4.69, 9.17) is 60.3 Å². The Labute approximate surface area is 755 Å². The van der Waals surface area contributed by atoms with Crippen LogP contribution in [0.4, 0.5) is 10.5 Å². The number of nitrogens with one attached hydrogen (secondary N) is 7. The topological polar surface area (TPSA) is 289 Å². The van der Waals surface area contributed by atoms with E-state index in [9.17, 15) is 38.4 Å². The van der Waals surface area contributed by atoms with E-state index in [0.29, 0.717) is 94.4 Å². The maximum Gasteiger partial charge on any atom is 0.317 e. The van der Waals surface area contributed by atoms with Gasteiger partial charge < -0.3 is 73.2 Å². The molecule has 8 saturated heterocycles. The largest absolute Gasteiger partial charge is 0.367 e. The Morgan fingerprint density at radius 3 is 1.85 bits per heavy atom. The molecule has 11 fully saturated rings. The molecule has 1 unspecified atom stereocenters. The van der Waals surface area contributed by atoms with Gasteiger partial charge in [-0.3, -0.25) is 33.6 Å². The number of benzene rings is 1. The molecule has 2 bridgehead atoms. The second-order valence-corrected chi connectivity index (χ2v) is 44.1. The lowest BCUT2D eigenvalue weighted by Gasteiger charge is -2.47. The van der Waals surface area contributed by atoms with Gasteiger partial charge in [-0.1, -0.05) is 215 Å². The van der Waals surface area contributed by atoms with Gasteiger partial charge in [-0.05, 0) is 211 Å². The SMILES string of the molecule is CC(C)(C)[C@@H]1CC(=S)CNCCCC2CC(C2)C(=O)NC[C@H]2CCCN2C1=O.CCCCC1CC(C(=O)NC[C@H]2CCCN2C(=O)[C@H]2NC(=S)CNCCCCC2(C)C)C1.CCCCC1CC(C(=O)NC[C@H]2Cc3ccccc3N2C(=O)[C@@H](CC(=S)CN)C(C)(C)C)C1.CCCCC1CN(C(=O)NC[C@H]2CCC3CC(C)(C)[C@H](CC(=S)CN)C(=O)N32)C1. The molecule has 9 aliphatic heterocycles. The zero-order chi connectivity index (χ0) is 88.8. The van der Waals surface area contributed by atoms with Crippen molar-refractivity contribution < 1.29 is 38.4 Å². The minimum absolute atomic E-state index is 0.0202. The zero-order valence-corrected chi connectivity index (χ0v) is 80.4. The lowest BCUT2D eigenvalue weighted by atomic mass is 9.68. The molecule has 1 aromatic carbocycles. The number of nitrogens with zero attached hydrogens (tertiary/aromatic N) is 5. The number of anilines is 1. The van der Waals surface area contributed by atoms with Crippen LogP contribution in [0.2, 0.25) is 0 Å². The summed E-state index contributed by atoms with van der Waals surface area (Å²) in [6.07, 6.45) is 32.1. The third-order valence-corrected chi connectivity index (χ3v) is 30.5. The fourth-order valence-corrected chi connectivity index (χ4v) is 21.8. The van der Waals surface area contributed by atoms with Crippen molar-refractivity contribution in [2.24, 2.45) is 92.3 Å². The molecule has 3 aliphatic carbocycles. The Hall–Kier alpha value is -5.22. The molecule has 122 heavy (non-hydrogen) atoms. The van der Waals surface area contributed by atoms with Crippen LogP contribution in [0, 0.1) is 80.8 Å². The summed E-state index contributed by atoms with van der Waals surface area (Å²) in [5.74, 6) is 3.91. The van der Waals surface area contributed by atoms with Crippen LogP contribution >= 0.6 is 48.9 Å². The summed E-state index contributed by atoms with van der Waals surface area (Å²) < 4.78 is 0. The van der Waals surface area contributed by atoms with Gasteiger partial charge in [0.2, 0.25) is 41.4 Å². The van der Waals surface area contributed by atoms with Crippen LogP contribution in [0.5, 0.6) is 0 Å². The highest BCUT2D eigenvalue weighted by molar-refractivity contribution is 7.81. The first kappa shape index (κ1) is 101. The van der Waals surface area contributed by atoms with Crippen LogP contribution in [0.1, 0.15) is 288 Å². The highest BCUT2D eigenvalue weighted by Gasteiger charge is 2.52. The maximum absolute atomic E-state index is 13.9. The molecular weight excluding hydrogens is 1610 g/mol. The number of carbonyl (C=O) groups is 8. The summed E-state index contributed by atoms with van der Waals surface area (Å²) in [5.41, 5.74) is 13.0. The van der Waals surface area contributed by atoms with Crippen LogP contribution in [0.15, 0.2) is 24.3 Å². The van der Waals surface area contributed by atoms with Gasteiger partial charge in [0.25, 0.3) is 0 Å². The fraction of sp³-hybridized carbons (Fsp3) is 0.812. The number of urea groups is 1. The predicted octanol–water partition coefficient (Wildman–Crippen LogP) is 13.9. The van der Waals surface area contributed by atoms with E-state index in [1.165, 1.54) is 64.2 Å². The molecule has 11 N–H and O–H groups in total. The summed E-state index contributed by atoms with van der Waals surface area (Å²) in [5, 5.41) is 22.8. The van der Waals surface area contributed by atoms with Gasteiger partial charge in [-0.25, -0.2) is 4.79 Å². The molecule has 0 aromatic heterocycles. The number of fused-ring (bicyclic) bond motifs is 12. The first-order valence-electron chi connectivity index (χ1n) is 47.8. The molecule has 0 radical (unpaired) electrons. The molecule has 22 nitrogen and oxygen atoms in total. The van der Waals surface area contributed by atoms with Crippen molar-refractivity contribution in [1.82, 2.24) is 56.8 Å². The summed E-state index contributed by atoms with van der Waals surface area (Å²) in [6.45, 7) is 37.4. The number of para-hydroxylation sites is 1. The second-order valence-electron chi connectivity index (χ2n) is 41.9. The van der Waals surface area contributed by atoms with Gasteiger partial charge >= 0.3 is 6.03 Å². The smallest absolute Gasteiger partial charge is 0.317 e. The normalized spacial score (nSPS) is 28.9. The highest BCUT2D eigenvalue weighted by Crippen LogP contribution is 2.48. The third kappa shape index (κ3) is 28.1. The van der Waals surface area contributed by atoms with Crippen LogP contribution < -0.4 is 53.6 Å². The molecule has 9 atom stereocenters. The third-order valence-electron chi connectivity index (χ3n) is 29.3. The molecule has 9 heterocycles. The second kappa shape index (κ2) is 47.2. The number of likely N-dealkylation sites (tertiary alicyclic amines) is 2. The number of amides is 9. The lowest BCUT2D eigenvalue weighted by molar-refractivity contribution is -0.149. The zero-order valence-electron chi connectivity index (χ0n) is 77.2. The summed E-state index contributed by atoms with van der Waals surface area (Å²) >= 11 is 21.9. The first-order chi connectivity index (χ1) is 58.0. The van der Waals surface area contributed by atoms with Gasteiger partial charge in [0.1, 0.15) is 6.04 Å². The van der Waals surface area contributed by atoms with Crippen molar-refractivity contribution >= 4 is 122 Å². The Morgan fingerprint density at radius 1 is 0.631 bits per heavy atom. The van der Waals surface area contributed by atoms with E-state index in [0.717, 1.165) is 187 Å². The number of nitrogens with two attached hydrogens (primary N) is 2. The molecular formula is C96H160N14O8S4. The molecule has 13 rings (SSSR count). The minimum Gasteiger partial charge on any atom is -0.367 e. The monoisotopic (exact) mass is 1770 g/mol. The van der Waals surface area contributed by atoms with Crippen molar-refractivity contribution in [3.63, 3.8) is 0 Å². The number of thiocarbonyl (C=S) groups is 4. The minimum atomic E-state index is -0.322. The van der Waals surface area contributed by atoms with E-state index in [1.54, 1.807) is 0 Å². The van der Waals surface area contributed by atoms with Crippen LogP contribution in [-0.2, 0) is 40.0 Å². The lowest BCUT2D eigenvalue weighted by Crippen LogP contribution is -2.58. The van der Waals surface area contributed by atoms with Gasteiger partial charge in [0.15, 0.2) is 0 Å². The Kier molecular flexibility index (Phi) is 38.9. The van der Waals surface area contributed by atoms with Crippen molar-refractivity contribution in [1.29, 1.82) is 0 Å². The van der Waals surface area contributed by atoms with E-state index in [2.05, 4.69) is 138 Å². The number of carbonyl (C=O) groups excluding carboxylic acids is 8. The van der Waals surface area contributed by atoms with Crippen LogP contribution in [0.3, 0.4) is 0 Å². The summed E-state index contributed by atoms with van der Waals surface area (Å²) in [4.78, 5) is 118. The van der Waals surface area contributed by atoms with E-state index in [-0.39, 0.29) is 141 Å². The number of unbranched alkanes of at least 4 members (excludes halogenated alkanes) is 3. The average molecular weight is 1770 g/mol. The summed E-state index contributed by atoms with van der Waals surface area (Å²) in [7, 11) is 0. The van der Waals surface area contributed by atoms with E-state index >= 15 is 0 Å². The van der Waals surface area contributed by atoms with Gasteiger partial charge in [-0.15, -0.1) is 0 Å². The fourth-order valence-electron chi connectivity index (χ4n) is 21.0. The van der Waals surface area contributed by atoms with Crippen molar-refractivity contribution in [3.05, 3.63) is 29.8 Å².